The van der Waals surface area contributed by atoms with Crippen LogP contribution in [0.1, 0.15) is 53.4 Å². The first-order valence-electron chi connectivity index (χ1n) is 16.1. The number of hydrogen-bond acceptors (Lipinski definition) is 7. The van der Waals surface area contributed by atoms with E-state index >= 15 is 0 Å². The van der Waals surface area contributed by atoms with Crippen molar-refractivity contribution in [3.8, 4) is 0 Å². The standard InChI is InChI=1S/C38H44N6O3/c1-9-25-21(3)29-17-30-24(6)28(12-14-38(46)47)36(42-30)20-35-27(11-13-37(45)39-15-16-44(7)8)23(5)32(43-35)19-34-26(10-2)22(4)31(41-34)18-33(25)40-29/h9-10,17-20,24,28H,1-2,11-16H2,3-8H3,(H,39,45)(H,46,47). The maximum Gasteiger partial charge on any atom is 0.303 e. The number of aliphatic imine (C=N–C) groups is 4. The Balaban J connectivity index is 1.65. The number of carboxylic acid groups (broad SMARTS) is 1. The first-order valence-corrected chi connectivity index (χ1v) is 16.1. The van der Waals surface area contributed by atoms with Crippen molar-refractivity contribution >= 4 is 34.7 Å². The van der Waals surface area contributed by atoms with Gasteiger partial charge in [0.15, 0.2) is 0 Å². The van der Waals surface area contributed by atoms with Crippen molar-refractivity contribution in [2.75, 3.05) is 27.2 Å². The van der Waals surface area contributed by atoms with Gasteiger partial charge in [0.05, 0.1) is 34.2 Å². The Hall–Kier alpha value is -4.76. The predicted octanol–water partition coefficient (Wildman–Crippen LogP) is 6.25. The molecule has 0 saturated carbocycles. The van der Waals surface area contributed by atoms with Gasteiger partial charge >= 0.3 is 5.97 Å². The number of nitrogens with one attached hydrogen (secondary N) is 1. The number of nitrogens with zero attached hydrogens (tertiary/aromatic N) is 5. The second-order valence-corrected chi connectivity index (χ2v) is 12.8. The molecular formula is C38H44N6O3. The molecule has 0 radical (unpaired) electrons. The minimum absolute atomic E-state index is 0.0169. The Bertz CT molecular complexity index is 1800. The summed E-state index contributed by atoms with van der Waals surface area (Å²) in [5.41, 5.74) is 12.1. The zero-order chi connectivity index (χ0) is 34.0. The third-order valence-corrected chi connectivity index (χ3v) is 9.38. The molecule has 2 atom stereocenters. The fraction of sp³-hybridized carbons (Fsp3) is 0.368. The van der Waals surface area contributed by atoms with Gasteiger partial charge in [0.2, 0.25) is 5.91 Å². The number of hydrogen-bond donors (Lipinski definition) is 2. The largest absolute Gasteiger partial charge is 0.481 e. The molecule has 9 heteroatoms. The van der Waals surface area contributed by atoms with Crippen LogP contribution in [0.2, 0.25) is 0 Å². The second kappa shape index (κ2) is 13.9. The van der Waals surface area contributed by atoms with Gasteiger partial charge in [-0.05, 0) is 94.3 Å². The van der Waals surface area contributed by atoms with Gasteiger partial charge in [-0.25, -0.2) is 15.0 Å². The van der Waals surface area contributed by atoms with Crippen molar-refractivity contribution in [1.82, 2.24) is 10.2 Å². The lowest BCUT2D eigenvalue weighted by Gasteiger charge is -2.16. The van der Waals surface area contributed by atoms with E-state index in [2.05, 4.69) is 25.4 Å². The molecule has 1 amide bonds. The molecule has 8 bridgehead atoms. The summed E-state index contributed by atoms with van der Waals surface area (Å²) in [6.07, 6.45) is 12.9. The van der Waals surface area contributed by atoms with Crippen molar-refractivity contribution in [3.05, 3.63) is 106 Å². The zero-order valence-corrected chi connectivity index (χ0v) is 28.3. The number of amides is 1. The molecule has 0 spiro atoms. The molecule has 5 rings (SSSR count). The van der Waals surface area contributed by atoms with Crippen LogP contribution in [-0.2, 0) is 9.59 Å². The first kappa shape index (κ1) is 33.6. The lowest BCUT2D eigenvalue weighted by molar-refractivity contribution is -0.137. The highest BCUT2D eigenvalue weighted by Gasteiger charge is 2.34. The van der Waals surface area contributed by atoms with Crippen LogP contribution in [0.5, 0.6) is 0 Å². The van der Waals surface area contributed by atoms with Crippen molar-refractivity contribution in [3.63, 3.8) is 0 Å². The molecule has 47 heavy (non-hydrogen) atoms. The molecule has 0 aliphatic carbocycles. The Morgan fingerprint density at radius 1 is 0.851 bits per heavy atom. The summed E-state index contributed by atoms with van der Waals surface area (Å²) in [7, 11) is 3.95. The van der Waals surface area contributed by atoms with Gasteiger partial charge in [-0.3, -0.25) is 14.6 Å². The Labute approximate surface area is 277 Å². The van der Waals surface area contributed by atoms with Gasteiger partial charge < -0.3 is 15.3 Å². The molecule has 0 fully saturated rings. The van der Waals surface area contributed by atoms with E-state index in [0.29, 0.717) is 25.8 Å². The highest BCUT2D eigenvalue weighted by molar-refractivity contribution is 6.19. The Morgan fingerprint density at radius 3 is 2.00 bits per heavy atom. The number of allylic oxidation sites excluding steroid dienone is 11. The van der Waals surface area contributed by atoms with Gasteiger partial charge in [-0.2, -0.15) is 0 Å². The van der Waals surface area contributed by atoms with Crippen LogP contribution in [-0.4, -0.2) is 71.9 Å². The topological polar surface area (TPSA) is 119 Å². The summed E-state index contributed by atoms with van der Waals surface area (Å²) in [6, 6.07) is 0. The number of fused-ring (bicyclic) bond motifs is 4. The van der Waals surface area contributed by atoms with Gasteiger partial charge in [0.25, 0.3) is 0 Å². The summed E-state index contributed by atoms with van der Waals surface area (Å²) in [5.74, 6) is -1.01. The lowest BCUT2D eigenvalue weighted by atomic mass is 9.85. The Morgan fingerprint density at radius 2 is 1.43 bits per heavy atom. The summed E-state index contributed by atoms with van der Waals surface area (Å²) in [6.45, 7) is 17.7. The Kier molecular flexibility index (Phi) is 9.96. The zero-order valence-electron chi connectivity index (χ0n) is 28.3. The average molecular weight is 633 g/mol. The molecule has 5 aliphatic heterocycles. The third kappa shape index (κ3) is 7.00. The molecular weight excluding hydrogens is 588 g/mol. The number of carboxylic acids is 1. The maximum atomic E-state index is 12.8. The van der Waals surface area contributed by atoms with Crippen LogP contribution < -0.4 is 5.32 Å². The average Bonchev–Trinajstić information content (AvgIpc) is 3.67. The van der Waals surface area contributed by atoms with Crippen molar-refractivity contribution < 1.29 is 14.7 Å². The molecule has 2 N–H and O–H groups in total. The maximum absolute atomic E-state index is 12.8. The van der Waals surface area contributed by atoms with E-state index in [1.54, 1.807) is 0 Å². The van der Waals surface area contributed by atoms with Gasteiger partial charge in [-0.1, -0.05) is 32.2 Å². The van der Waals surface area contributed by atoms with Crippen LogP contribution in [0.3, 0.4) is 0 Å². The highest BCUT2D eigenvalue weighted by atomic mass is 16.4. The normalized spacial score (nSPS) is 22.0. The number of likely N-dealkylation sites (N-methyl/N-ethyl adjacent to an activating group) is 1. The van der Waals surface area contributed by atoms with E-state index in [-0.39, 0.29) is 24.2 Å². The van der Waals surface area contributed by atoms with Crippen LogP contribution in [0.4, 0.5) is 0 Å². The molecule has 0 aromatic carbocycles. The van der Waals surface area contributed by atoms with Crippen molar-refractivity contribution in [2.24, 2.45) is 31.8 Å². The van der Waals surface area contributed by atoms with Crippen LogP contribution in [0.15, 0.2) is 126 Å². The van der Waals surface area contributed by atoms with Crippen LogP contribution in [0, 0.1) is 11.8 Å². The van der Waals surface area contributed by atoms with Crippen LogP contribution >= 0.6 is 0 Å². The second-order valence-electron chi connectivity index (χ2n) is 12.8. The predicted molar refractivity (Wildman–Crippen MR) is 191 cm³/mol. The smallest absolute Gasteiger partial charge is 0.303 e. The summed E-state index contributed by atoms with van der Waals surface area (Å²) in [4.78, 5) is 46.7. The molecule has 5 aliphatic rings. The summed E-state index contributed by atoms with van der Waals surface area (Å²) in [5, 5.41) is 12.6. The molecule has 2 unspecified atom stereocenters. The fourth-order valence-electron chi connectivity index (χ4n) is 6.49. The minimum atomic E-state index is -0.841. The van der Waals surface area contributed by atoms with Crippen molar-refractivity contribution in [2.45, 2.75) is 53.4 Å². The summed E-state index contributed by atoms with van der Waals surface area (Å²) >= 11 is 0. The molecule has 244 valence electrons. The lowest BCUT2D eigenvalue weighted by Crippen LogP contribution is -2.31. The first-order chi connectivity index (χ1) is 22.4. The van der Waals surface area contributed by atoms with E-state index in [4.69, 9.17) is 20.0 Å². The third-order valence-electron chi connectivity index (χ3n) is 9.38. The van der Waals surface area contributed by atoms with Gasteiger partial charge in [0.1, 0.15) is 0 Å². The number of carbonyl (C=O) groups excluding carboxylic acids is 1. The van der Waals surface area contributed by atoms with Gasteiger partial charge in [-0.15, -0.1) is 0 Å². The number of carbonyl (C=O) groups is 2. The SMILES string of the molecule is C=CC1=C(C)C2=NC1=CC1=NC(=CC3=NC(=CC4=NC(=C2)C(C=C)=C4C)C(C)C3CCC(=O)O)C(CCC(=O)NCCN(C)C)=C1C. The molecule has 0 saturated heterocycles. The van der Waals surface area contributed by atoms with E-state index < -0.39 is 5.97 Å². The summed E-state index contributed by atoms with van der Waals surface area (Å²) < 4.78 is 0. The van der Waals surface area contributed by atoms with E-state index in [9.17, 15) is 14.7 Å². The van der Waals surface area contributed by atoms with E-state index in [1.165, 1.54) is 0 Å². The van der Waals surface area contributed by atoms with Gasteiger partial charge in [0, 0.05) is 60.3 Å². The molecule has 5 heterocycles. The monoisotopic (exact) mass is 632 g/mol. The van der Waals surface area contributed by atoms with Crippen molar-refractivity contribution in [1.29, 1.82) is 0 Å². The highest BCUT2D eigenvalue weighted by Crippen LogP contribution is 2.39. The minimum Gasteiger partial charge on any atom is -0.481 e. The molecule has 9 nitrogen and oxygen atoms in total. The fourth-order valence-corrected chi connectivity index (χ4v) is 6.49. The number of rotatable bonds is 11. The van der Waals surface area contributed by atoms with Crippen LogP contribution in [0.25, 0.3) is 0 Å². The molecule has 0 aromatic heterocycles. The quantitative estimate of drug-likeness (QED) is 0.280. The van der Waals surface area contributed by atoms with E-state index in [0.717, 1.165) is 85.6 Å². The number of aliphatic carboxylic acids is 1. The van der Waals surface area contributed by atoms with E-state index in [1.807, 2.05) is 76.2 Å². The molecule has 0 aromatic rings.